The van der Waals surface area contributed by atoms with Crippen molar-refractivity contribution >= 4 is 41.7 Å². The lowest BCUT2D eigenvalue weighted by Gasteiger charge is -2.20. The van der Waals surface area contributed by atoms with Gasteiger partial charge >= 0.3 is 0 Å². The van der Waals surface area contributed by atoms with E-state index in [-0.39, 0.29) is 30.5 Å². The number of nitrogens with one attached hydrogen (secondary N) is 2. The molecule has 2 atom stereocenters. The molecular weight excluding hydrogens is 501 g/mol. The molecule has 0 radical (unpaired) electrons. The Morgan fingerprint density at radius 1 is 1.28 bits per heavy atom. The summed E-state index contributed by atoms with van der Waals surface area (Å²) in [6, 6.07) is 11.6. The molecule has 29 heavy (non-hydrogen) atoms. The number of hydrogen-bond donors (Lipinski definition) is 3. The Morgan fingerprint density at radius 2 is 2.03 bits per heavy atom. The van der Waals surface area contributed by atoms with Crippen molar-refractivity contribution < 1.29 is 14.3 Å². The van der Waals surface area contributed by atoms with Crippen LogP contribution in [0.1, 0.15) is 26.5 Å². The van der Waals surface area contributed by atoms with E-state index in [1.54, 1.807) is 44.2 Å². The van der Waals surface area contributed by atoms with E-state index < -0.39 is 5.60 Å². The number of methoxy groups -OCH3 is 1. The zero-order valence-corrected chi connectivity index (χ0v) is 20.6. The van der Waals surface area contributed by atoms with Gasteiger partial charge in [0.05, 0.1) is 19.9 Å². The number of para-hydroxylation sites is 1. The Labute approximate surface area is 194 Å². The highest BCUT2D eigenvalue weighted by atomic mass is 127. The summed E-state index contributed by atoms with van der Waals surface area (Å²) in [5, 5.41) is 17.1. The van der Waals surface area contributed by atoms with Gasteiger partial charge in [0, 0.05) is 23.7 Å². The zero-order valence-electron chi connectivity index (χ0n) is 17.5. The molecule has 2 unspecified atom stereocenters. The van der Waals surface area contributed by atoms with Crippen molar-refractivity contribution in [2.75, 3.05) is 32.5 Å². The third-order valence-electron chi connectivity index (χ3n) is 4.15. The first-order valence-electron chi connectivity index (χ1n) is 9.50. The van der Waals surface area contributed by atoms with Crippen LogP contribution >= 0.6 is 35.7 Å². The number of aliphatic imine (C=N–C) groups is 1. The van der Waals surface area contributed by atoms with Crippen molar-refractivity contribution in [3.63, 3.8) is 0 Å². The van der Waals surface area contributed by atoms with Crippen molar-refractivity contribution in [1.82, 2.24) is 10.6 Å². The van der Waals surface area contributed by atoms with Crippen LogP contribution in [0.5, 0.6) is 5.75 Å². The average Bonchev–Trinajstić information content (AvgIpc) is 3.24. The molecular formula is C21H32IN3O3S. The highest BCUT2D eigenvalue weighted by Gasteiger charge is 2.26. The second kappa shape index (κ2) is 13.0. The normalized spacial score (nSPS) is 14.4. The van der Waals surface area contributed by atoms with Crippen LogP contribution in [-0.2, 0) is 5.60 Å². The molecule has 6 nitrogen and oxygen atoms in total. The second-order valence-electron chi connectivity index (χ2n) is 6.89. The predicted octanol–water partition coefficient (Wildman–Crippen LogP) is 4.10. The molecule has 0 saturated heterocycles. The molecule has 1 heterocycles. The fraction of sp³-hybridized carbons (Fsp3) is 0.476. The van der Waals surface area contributed by atoms with Gasteiger partial charge in [0.2, 0.25) is 0 Å². The molecule has 0 bridgehead atoms. The molecule has 0 saturated carbocycles. The van der Waals surface area contributed by atoms with E-state index in [4.69, 9.17) is 9.15 Å². The molecule has 1 aromatic carbocycles. The topological polar surface area (TPSA) is 79.0 Å². The number of halogens is 1. The lowest BCUT2D eigenvalue weighted by atomic mass is 10.0. The van der Waals surface area contributed by atoms with Gasteiger partial charge in [-0.05, 0) is 44.0 Å². The third kappa shape index (κ3) is 8.47. The molecule has 0 fully saturated rings. The van der Waals surface area contributed by atoms with Crippen LogP contribution in [0.25, 0.3) is 0 Å². The second-order valence-corrected chi connectivity index (χ2v) is 7.96. The van der Waals surface area contributed by atoms with Gasteiger partial charge in [0.15, 0.2) is 5.96 Å². The fourth-order valence-electron chi connectivity index (χ4n) is 2.54. The number of guanidine groups is 1. The summed E-state index contributed by atoms with van der Waals surface area (Å²) >= 11 is 1.78. The summed E-state index contributed by atoms with van der Waals surface area (Å²) in [6.07, 6.45) is 1.55. The number of thioether (sulfide) groups is 1. The number of nitrogens with zero attached hydrogens (tertiary/aromatic N) is 1. The van der Waals surface area contributed by atoms with Crippen LogP contribution in [0.15, 0.2) is 57.0 Å². The lowest BCUT2D eigenvalue weighted by molar-refractivity contribution is 0.0437. The molecule has 0 aliphatic heterocycles. The highest BCUT2D eigenvalue weighted by molar-refractivity contribution is 14.0. The van der Waals surface area contributed by atoms with Crippen LogP contribution < -0.4 is 15.4 Å². The number of rotatable bonds is 10. The SMILES string of the molecule is CCNC(=NCC(C)(O)c1ccco1)NCC(C)CSc1ccccc1OC.I. The smallest absolute Gasteiger partial charge is 0.191 e. The van der Waals surface area contributed by atoms with E-state index in [1.165, 1.54) is 0 Å². The molecule has 0 spiro atoms. The van der Waals surface area contributed by atoms with E-state index >= 15 is 0 Å². The predicted molar refractivity (Wildman–Crippen MR) is 131 cm³/mol. The first kappa shape index (κ1) is 25.6. The van der Waals surface area contributed by atoms with Crippen molar-refractivity contribution in [3.8, 4) is 5.75 Å². The van der Waals surface area contributed by atoms with Crippen LogP contribution in [0.2, 0.25) is 0 Å². The summed E-state index contributed by atoms with van der Waals surface area (Å²) in [4.78, 5) is 5.66. The van der Waals surface area contributed by atoms with Gasteiger partial charge < -0.3 is 24.9 Å². The van der Waals surface area contributed by atoms with Gasteiger partial charge in [-0.3, -0.25) is 0 Å². The number of hydrogen-bond acceptors (Lipinski definition) is 5. The van der Waals surface area contributed by atoms with E-state index in [9.17, 15) is 5.11 Å². The Bertz CT molecular complexity index is 739. The first-order chi connectivity index (χ1) is 13.5. The number of furan rings is 1. The van der Waals surface area contributed by atoms with E-state index in [2.05, 4.69) is 28.6 Å². The maximum atomic E-state index is 10.6. The largest absolute Gasteiger partial charge is 0.496 e. The molecule has 0 amide bonds. The minimum atomic E-state index is -1.14. The van der Waals surface area contributed by atoms with Crippen LogP contribution in [0, 0.1) is 5.92 Å². The van der Waals surface area contributed by atoms with E-state index in [1.807, 2.05) is 25.1 Å². The molecule has 162 valence electrons. The van der Waals surface area contributed by atoms with Crippen LogP contribution in [0.4, 0.5) is 0 Å². The Morgan fingerprint density at radius 3 is 2.69 bits per heavy atom. The summed E-state index contributed by atoms with van der Waals surface area (Å²) in [6.45, 7) is 7.64. The molecule has 8 heteroatoms. The number of ether oxygens (including phenoxy) is 1. The molecule has 3 N–H and O–H groups in total. The number of aliphatic hydroxyl groups is 1. The maximum Gasteiger partial charge on any atom is 0.191 e. The summed E-state index contributed by atoms with van der Waals surface area (Å²) in [5.74, 6) is 3.47. The zero-order chi connectivity index (χ0) is 20.4. The summed E-state index contributed by atoms with van der Waals surface area (Å²) < 4.78 is 10.7. The van der Waals surface area contributed by atoms with Crippen molar-refractivity contribution in [3.05, 3.63) is 48.4 Å². The molecule has 0 aliphatic carbocycles. The Kier molecular flexibility index (Phi) is 11.5. The first-order valence-corrected chi connectivity index (χ1v) is 10.5. The molecule has 2 rings (SSSR count). The Hall–Kier alpha value is -1.39. The lowest BCUT2D eigenvalue weighted by Crippen LogP contribution is -2.41. The average molecular weight is 533 g/mol. The maximum absolute atomic E-state index is 10.6. The quantitative estimate of drug-likeness (QED) is 0.185. The van der Waals surface area contributed by atoms with Crippen molar-refractivity contribution in [2.45, 2.75) is 31.3 Å². The minimum absolute atomic E-state index is 0. The third-order valence-corrected chi connectivity index (χ3v) is 5.54. The Balaban J connectivity index is 0.00000420. The minimum Gasteiger partial charge on any atom is -0.496 e. The number of benzene rings is 1. The van der Waals surface area contributed by atoms with Crippen molar-refractivity contribution in [1.29, 1.82) is 0 Å². The van der Waals surface area contributed by atoms with Crippen LogP contribution in [-0.4, -0.2) is 43.6 Å². The standard InChI is InChI=1S/C21H31N3O3S.HI/c1-5-22-20(24-15-21(3,25)19-11-8-12-27-19)23-13-16(2)14-28-18-10-7-6-9-17(18)26-4;/h6-12,16,25H,5,13-15H2,1-4H3,(H2,22,23,24);1H. The van der Waals surface area contributed by atoms with E-state index in [0.717, 1.165) is 29.5 Å². The van der Waals surface area contributed by atoms with Gasteiger partial charge in [0.25, 0.3) is 0 Å². The van der Waals surface area contributed by atoms with Gasteiger partial charge in [-0.15, -0.1) is 35.7 Å². The highest BCUT2D eigenvalue weighted by Crippen LogP contribution is 2.29. The van der Waals surface area contributed by atoms with Crippen LogP contribution in [0.3, 0.4) is 0 Å². The van der Waals surface area contributed by atoms with Gasteiger partial charge in [0.1, 0.15) is 17.1 Å². The molecule has 1 aromatic heterocycles. The monoisotopic (exact) mass is 533 g/mol. The summed E-state index contributed by atoms with van der Waals surface area (Å²) in [7, 11) is 1.70. The molecule has 2 aromatic rings. The molecule has 0 aliphatic rings. The van der Waals surface area contributed by atoms with Gasteiger partial charge in [-0.2, -0.15) is 0 Å². The van der Waals surface area contributed by atoms with Gasteiger partial charge in [-0.25, -0.2) is 4.99 Å². The van der Waals surface area contributed by atoms with Gasteiger partial charge in [-0.1, -0.05) is 19.1 Å². The van der Waals surface area contributed by atoms with E-state index in [0.29, 0.717) is 17.6 Å². The summed E-state index contributed by atoms with van der Waals surface area (Å²) in [5.41, 5.74) is -1.14. The van der Waals surface area contributed by atoms with Crippen molar-refractivity contribution in [2.24, 2.45) is 10.9 Å². The fourth-order valence-corrected chi connectivity index (χ4v) is 3.59.